The van der Waals surface area contributed by atoms with Gasteiger partial charge in [-0.15, -0.1) is 11.8 Å². The molecule has 1 unspecified atom stereocenters. The van der Waals surface area contributed by atoms with Crippen LogP contribution in [0, 0.1) is 0 Å². The normalized spacial score (nSPS) is 12.6. The molecule has 0 spiro atoms. The molecule has 0 nitrogen and oxygen atoms in total. The smallest absolute Gasteiger partial charge is 0.0648 e. The van der Waals surface area contributed by atoms with E-state index in [1.807, 2.05) is 11.8 Å². The second kappa shape index (κ2) is 10.00. The third-order valence-corrected chi connectivity index (χ3v) is 13.2. The van der Waals surface area contributed by atoms with Gasteiger partial charge in [0.1, 0.15) is 0 Å². The quantitative estimate of drug-likeness (QED) is 0.162. The molecule has 0 aromatic heterocycles. The molecule has 4 aromatic rings. The summed E-state index contributed by atoms with van der Waals surface area (Å²) in [6.07, 6.45) is 0. The lowest BCUT2D eigenvalue weighted by Crippen LogP contribution is -2.33. The Morgan fingerprint density at radius 3 is 1.55 bits per heavy atom. The average molecular weight is 457 g/mol. The zero-order valence-corrected chi connectivity index (χ0v) is 21.1. The van der Waals surface area contributed by atoms with Crippen LogP contribution in [0.4, 0.5) is 0 Å². The summed E-state index contributed by atoms with van der Waals surface area (Å²) in [4.78, 5) is 1.84. The number of hydrogen-bond acceptors (Lipinski definition) is 1. The van der Waals surface area contributed by atoms with E-state index in [0.29, 0.717) is 4.87 Å². The fraction of sp³-hybridized carbons (Fsp3) is 0.143. The zero-order chi connectivity index (χ0) is 21.7. The van der Waals surface area contributed by atoms with Crippen molar-refractivity contribution in [3.05, 3.63) is 121 Å². The Morgan fingerprint density at radius 2 is 1.03 bits per heavy atom. The van der Waals surface area contributed by atoms with Crippen LogP contribution >= 0.6 is 19.7 Å². The molecule has 4 aromatic carbocycles. The van der Waals surface area contributed by atoms with Crippen molar-refractivity contribution in [2.45, 2.75) is 29.4 Å². The maximum atomic E-state index is 2.50. The van der Waals surface area contributed by atoms with E-state index in [4.69, 9.17) is 0 Å². The lowest BCUT2D eigenvalue weighted by Gasteiger charge is -2.33. The molecule has 0 saturated heterocycles. The van der Waals surface area contributed by atoms with Gasteiger partial charge in [0.15, 0.2) is 0 Å². The minimum Gasteiger partial charge on any atom is -0.121 e. The molecule has 3 heteroatoms. The van der Waals surface area contributed by atoms with E-state index >= 15 is 0 Å². The summed E-state index contributed by atoms with van der Waals surface area (Å²) < 4.78 is 0. The van der Waals surface area contributed by atoms with Gasteiger partial charge >= 0.3 is 0 Å². The number of thioether (sulfide) groups is 1. The average Bonchev–Trinajstić information content (AvgIpc) is 2.80. The molecule has 0 amide bonds. The molecule has 31 heavy (non-hydrogen) atoms. The van der Waals surface area contributed by atoms with Crippen LogP contribution in [-0.2, 0) is 0 Å². The summed E-state index contributed by atoms with van der Waals surface area (Å²) >= 11 is 2.04. The second-order valence-corrected chi connectivity index (χ2v) is 17.8. The number of hydrogen-bond donors (Lipinski definition) is 0. The van der Waals surface area contributed by atoms with Crippen LogP contribution in [0.2, 0.25) is 19.6 Å². The van der Waals surface area contributed by atoms with Crippen molar-refractivity contribution >= 4 is 43.7 Å². The van der Waals surface area contributed by atoms with Crippen molar-refractivity contribution < 1.29 is 0 Å². The van der Waals surface area contributed by atoms with Crippen molar-refractivity contribution in [1.82, 2.24) is 0 Å². The highest BCUT2D eigenvalue weighted by molar-refractivity contribution is 8.01. The Balaban J connectivity index is 1.87. The first-order valence-corrected chi connectivity index (χ1v) is 16.5. The Morgan fingerprint density at radius 1 is 0.581 bits per heavy atom. The van der Waals surface area contributed by atoms with Crippen LogP contribution < -0.4 is 15.9 Å². The van der Waals surface area contributed by atoms with Crippen LogP contribution in [0.25, 0.3) is 0 Å². The molecular weight excluding hydrogens is 427 g/mol. The Bertz CT molecular complexity index is 1050. The largest absolute Gasteiger partial charge is 0.121 e. The molecule has 0 aliphatic carbocycles. The standard InChI is InChI=1S/C28H29PSSi/c1-31(2,3)28(30-25-19-11-6-12-20-25)26-21-13-14-22-27(26)29(23-15-7-4-8-16-23)24-17-9-5-10-18-24/h4-22,28H,1-3H3. The van der Waals surface area contributed by atoms with Crippen LogP contribution in [0.5, 0.6) is 0 Å². The van der Waals surface area contributed by atoms with Gasteiger partial charge in [-0.05, 0) is 41.5 Å². The summed E-state index contributed by atoms with van der Waals surface area (Å²) in [5.74, 6) is 0. The van der Waals surface area contributed by atoms with Gasteiger partial charge in [-0.3, -0.25) is 0 Å². The van der Waals surface area contributed by atoms with Crippen LogP contribution in [0.15, 0.2) is 120 Å². The van der Waals surface area contributed by atoms with Gasteiger partial charge in [-0.25, -0.2) is 0 Å². The highest BCUT2D eigenvalue weighted by atomic mass is 32.2. The SMILES string of the molecule is C[Si](C)(C)C(Sc1ccccc1)c1ccccc1P(c1ccccc1)c1ccccc1. The second-order valence-electron chi connectivity index (χ2n) is 8.74. The first-order chi connectivity index (χ1) is 15.0. The van der Waals surface area contributed by atoms with Crippen molar-refractivity contribution in [2.75, 3.05) is 0 Å². The molecule has 156 valence electrons. The molecule has 1 atom stereocenters. The summed E-state index contributed by atoms with van der Waals surface area (Å²) in [5.41, 5.74) is 1.51. The van der Waals surface area contributed by atoms with Gasteiger partial charge in [0.2, 0.25) is 0 Å². The molecule has 0 aliphatic heterocycles. The molecule has 0 N–H and O–H groups in total. The monoisotopic (exact) mass is 456 g/mol. The summed E-state index contributed by atoms with van der Waals surface area (Å²) in [6, 6.07) is 42.2. The van der Waals surface area contributed by atoms with Crippen LogP contribution in [0.3, 0.4) is 0 Å². The minimum atomic E-state index is -1.52. The van der Waals surface area contributed by atoms with Gasteiger partial charge in [0.25, 0.3) is 0 Å². The van der Waals surface area contributed by atoms with Crippen molar-refractivity contribution in [2.24, 2.45) is 0 Å². The van der Waals surface area contributed by atoms with E-state index in [1.165, 1.54) is 26.4 Å². The van der Waals surface area contributed by atoms with Crippen molar-refractivity contribution in [1.29, 1.82) is 0 Å². The third-order valence-electron chi connectivity index (χ3n) is 5.27. The Hall–Kier alpha value is -2.12. The molecule has 0 aliphatic rings. The first-order valence-electron chi connectivity index (χ1n) is 10.7. The van der Waals surface area contributed by atoms with E-state index in [-0.39, 0.29) is 0 Å². The molecule has 4 rings (SSSR count). The highest BCUT2D eigenvalue weighted by Crippen LogP contribution is 2.45. The Labute approximate surface area is 193 Å². The summed E-state index contributed by atoms with van der Waals surface area (Å²) in [7, 11) is -2.13. The summed E-state index contributed by atoms with van der Waals surface area (Å²) in [6.45, 7) is 7.49. The lowest BCUT2D eigenvalue weighted by molar-refractivity contribution is 1.28. The fourth-order valence-corrected chi connectivity index (χ4v) is 10.5. The maximum absolute atomic E-state index is 2.50. The first kappa shape index (κ1) is 22.1. The predicted molar refractivity (Wildman–Crippen MR) is 144 cm³/mol. The molecule has 0 saturated carbocycles. The van der Waals surface area contributed by atoms with Gasteiger partial charge < -0.3 is 0 Å². The zero-order valence-electron chi connectivity index (χ0n) is 18.4. The fourth-order valence-electron chi connectivity index (χ4n) is 3.84. The predicted octanol–water partition coefficient (Wildman–Crippen LogP) is 7.16. The van der Waals surface area contributed by atoms with Crippen molar-refractivity contribution in [3.8, 4) is 0 Å². The Kier molecular flexibility index (Phi) is 7.12. The maximum Gasteiger partial charge on any atom is 0.0648 e. The molecule has 0 bridgehead atoms. The molecule has 0 radical (unpaired) electrons. The lowest BCUT2D eigenvalue weighted by atomic mass is 10.2. The van der Waals surface area contributed by atoms with E-state index in [9.17, 15) is 0 Å². The molecule has 0 fully saturated rings. The van der Waals surface area contributed by atoms with Gasteiger partial charge in [-0.1, -0.05) is 123 Å². The third kappa shape index (κ3) is 5.38. The van der Waals surface area contributed by atoms with E-state index < -0.39 is 16.0 Å². The van der Waals surface area contributed by atoms with Gasteiger partial charge in [-0.2, -0.15) is 0 Å². The minimum absolute atomic E-state index is 0.489. The van der Waals surface area contributed by atoms with E-state index in [1.54, 1.807) is 0 Å². The summed E-state index contributed by atoms with van der Waals surface area (Å²) in [5, 5.41) is 4.32. The molecule has 0 heterocycles. The topological polar surface area (TPSA) is 0 Å². The van der Waals surface area contributed by atoms with E-state index in [2.05, 4.69) is 135 Å². The van der Waals surface area contributed by atoms with Crippen LogP contribution in [-0.4, -0.2) is 8.07 Å². The highest BCUT2D eigenvalue weighted by Gasteiger charge is 2.33. The van der Waals surface area contributed by atoms with Gasteiger partial charge in [0, 0.05) is 9.77 Å². The van der Waals surface area contributed by atoms with Gasteiger partial charge in [0.05, 0.1) is 8.07 Å². The van der Waals surface area contributed by atoms with E-state index in [0.717, 1.165) is 0 Å². The molecular formula is C28H29PSSi. The number of benzene rings is 4. The van der Waals surface area contributed by atoms with Crippen molar-refractivity contribution in [3.63, 3.8) is 0 Å². The number of rotatable bonds is 7. The van der Waals surface area contributed by atoms with Crippen LogP contribution in [0.1, 0.15) is 10.4 Å².